The minimum absolute atomic E-state index is 0.168. The van der Waals surface area contributed by atoms with Crippen LogP contribution in [0.15, 0.2) is 48.5 Å². The normalized spacial score (nSPS) is 14.7. The molecule has 0 unspecified atom stereocenters. The summed E-state index contributed by atoms with van der Waals surface area (Å²) in [6.45, 7) is 5.78. The predicted octanol–water partition coefficient (Wildman–Crippen LogP) is 2.73. The molecule has 0 saturated carbocycles. The van der Waals surface area contributed by atoms with Crippen molar-refractivity contribution in [2.24, 2.45) is 0 Å². The Labute approximate surface area is 153 Å². The smallest absolute Gasteiger partial charge is 0.255 e. The summed E-state index contributed by atoms with van der Waals surface area (Å²) >= 11 is 0. The maximum Gasteiger partial charge on any atom is 0.255 e. The second kappa shape index (κ2) is 8.60. The number of anilines is 2. The van der Waals surface area contributed by atoms with Gasteiger partial charge in [0.1, 0.15) is 0 Å². The number of benzene rings is 2. The molecule has 0 aliphatic carbocycles. The third kappa shape index (κ3) is 5.15. The average Bonchev–Trinajstić information content (AvgIpc) is 2.64. The Morgan fingerprint density at radius 2 is 1.73 bits per heavy atom. The number of ether oxygens (including phenoxy) is 1. The van der Waals surface area contributed by atoms with Crippen molar-refractivity contribution in [2.75, 3.05) is 36.9 Å². The number of nitrogens with one attached hydrogen (secondary N) is 2. The van der Waals surface area contributed by atoms with Gasteiger partial charge in [-0.2, -0.15) is 0 Å². The van der Waals surface area contributed by atoms with Gasteiger partial charge in [-0.05, 0) is 35.9 Å². The van der Waals surface area contributed by atoms with E-state index in [9.17, 15) is 9.59 Å². The molecule has 1 aliphatic heterocycles. The highest BCUT2D eigenvalue weighted by atomic mass is 16.5. The third-order valence-electron chi connectivity index (χ3n) is 4.17. The first-order chi connectivity index (χ1) is 12.6. The summed E-state index contributed by atoms with van der Waals surface area (Å²) in [6.07, 6.45) is 0. The SMILES string of the molecule is CC(=O)Nc1cccc(C(=O)Nc2ccc(CN3CCOCC3)cc2)c1. The lowest BCUT2D eigenvalue weighted by Gasteiger charge is -2.26. The van der Waals surface area contributed by atoms with E-state index in [-0.39, 0.29) is 11.8 Å². The first-order valence-electron chi connectivity index (χ1n) is 8.68. The first kappa shape index (κ1) is 18.1. The molecule has 0 radical (unpaired) electrons. The van der Waals surface area contributed by atoms with Crippen molar-refractivity contribution in [3.8, 4) is 0 Å². The van der Waals surface area contributed by atoms with Gasteiger partial charge in [-0.15, -0.1) is 0 Å². The van der Waals surface area contributed by atoms with Crippen molar-refractivity contribution in [1.82, 2.24) is 4.90 Å². The Hall–Kier alpha value is -2.70. The Morgan fingerprint density at radius 1 is 1.00 bits per heavy atom. The van der Waals surface area contributed by atoms with Crippen LogP contribution in [0.2, 0.25) is 0 Å². The van der Waals surface area contributed by atoms with Crippen molar-refractivity contribution in [3.63, 3.8) is 0 Å². The van der Waals surface area contributed by atoms with Gasteiger partial charge >= 0.3 is 0 Å². The van der Waals surface area contributed by atoms with Crippen molar-refractivity contribution >= 4 is 23.2 Å². The van der Waals surface area contributed by atoms with Crippen LogP contribution in [0.5, 0.6) is 0 Å². The van der Waals surface area contributed by atoms with Gasteiger partial charge in [-0.25, -0.2) is 0 Å². The Kier molecular flexibility index (Phi) is 5.99. The zero-order valence-corrected chi connectivity index (χ0v) is 14.8. The molecule has 0 atom stereocenters. The van der Waals surface area contributed by atoms with Gasteiger partial charge in [0.15, 0.2) is 0 Å². The molecule has 1 aliphatic rings. The van der Waals surface area contributed by atoms with Crippen LogP contribution in [0.1, 0.15) is 22.8 Å². The minimum atomic E-state index is -0.210. The minimum Gasteiger partial charge on any atom is -0.379 e. The van der Waals surface area contributed by atoms with Crippen LogP contribution in [0.25, 0.3) is 0 Å². The number of rotatable bonds is 5. The molecule has 0 aromatic heterocycles. The fraction of sp³-hybridized carbons (Fsp3) is 0.300. The van der Waals surface area contributed by atoms with E-state index in [1.54, 1.807) is 24.3 Å². The van der Waals surface area contributed by atoms with E-state index >= 15 is 0 Å². The molecule has 0 spiro atoms. The largest absolute Gasteiger partial charge is 0.379 e. The summed E-state index contributed by atoms with van der Waals surface area (Å²) < 4.78 is 5.36. The monoisotopic (exact) mass is 353 g/mol. The fourth-order valence-electron chi connectivity index (χ4n) is 2.86. The maximum absolute atomic E-state index is 12.4. The van der Waals surface area contributed by atoms with Gasteiger partial charge in [0.05, 0.1) is 13.2 Å². The molecule has 6 nitrogen and oxygen atoms in total. The van der Waals surface area contributed by atoms with Gasteiger partial charge in [-0.3, -0.25) is 14.5 Å². The lowest BCUT2D eigenvalue weighted by atomic mass is 10.1. The highest BCUT2D eigenvalue weighted by Gasteiger charge is 2.11. The van der Waals surface area contributed by atoms with Crippen molar-refractivity contribution in [1.29, 1.82) is 0 Å². The summed E-state index contributed by atoms with van der Waals surface area (Å²) in [5.41, 5.74) is 3.04. The Morgan fingerprint density at radius 3 is 2.42 bits per heavy atom. The number of amides is 2. The topological polar surface area (TPSA) is 70.7 Å². The van der Waals surface area contributed by atoms with E-state index in [0.717, 1.165) is 38.5 Å². The third-order valence-corrected chi connectivity index (χ3v) is 4.17. The predicted molar refractivity (Wildman–Crippen MR) is 101 cm³/mol. The molecule has 2 N–H and O–H groups in total. The van der Waals surface area contributed by atoms with Crippen molar-refractivity contribution in [3.05, 3.63) is 59.7 Å². The molecule has 2 amide bonds. The van der Waals surface area contributed by atoms with E-state index < -0.39 is 0 Å². The summed E-state index contributed by atoms with van der Waals surface area (Å²) in [4.78, 5) is 25.9. The molecule has 6 heteroatoms. The van der Waals surface area contributed by atoms with E-state index in [1.165, 1.54) is 12.5 Å². The molecule has 3 rings (SSSR count). The molecule has 136 valence electrons. The van der Waals surface area contributed by atoms with Crippen LogP contribution in [0.4, 0.5) is 11.4 Å². The van der Waals surface area contributed by atoms with E-state index in [0.29, 0.717) is 11.3 Å². The second-order valence-electron chi connectivity index (χ2n) is 6.30. The van der Waals surface area contributed by atoms with Crippen LogP contribution in [-0.2, 0) is 16.1 Å². The number of morpholine rings is 1. The molecule has 1 fully saturated rings. The number of carbonyl (C=O) groups is 2. The highest BCUT2D eigenvalue weighted by Crippen LogP contribution is 2.15. The molecular formula is C20H23N3O3. The van der Waals surface area contributed by atoms with Crippen LogP contribution in [0, 0.1) is 0 Å². The molecule has 2 aromatic rings. The van der Waals surface area contributed by atoms with Crippen LogP contribution in [0.3, 0.4) is 0 Å². The van der Waals surface area contributed by atoms with Crippen LogP contribution in [-0.4, -0.2) is 43.0 Å². The maximum atomic E-state index is 12.4. The van der Waals surface area contributed by atoms with E-state index in [4.69, 9.17) is 4.74 Å². The molecular weight excluding hydrogens is 330 g/mol. The van der Waals surface area contributed by atoms with Gasteiger partial charge in [0.2, 0.25) is 5.91 Å². The molecule has 26 heavy (non-hydrogen) atoms. The Balaban J connectivity index is 1.59. The molecule has 1 heterocycles. The first-order valence-corrected chi connectivity index (χ1v) is 8.68. The van der Waals surface area contributed by atoms with Crippen molar-refractivity contribution < 1.29 is 14.3 Å². The van der Waals surface area contributed by atoms with Crippen molar-refractivity contribution in [2.45, 2.75) is 13.5 Å². The molecule has 2 aromatic carbocycles. The van der Waals surface area contributed by atoms with Crippen LogP contribution >= 0.6 is 0 Å². The number of hydrogen-bond donors (Lipinski definition) is 2. The second-order valence-corrected chi connectivity index (χ2v) is 6.30. The van der Waals surface area contributed by atoms with Gasteiger partial charge in [-0.1, -0.05) is 18.2 Å². The number of carbonyl (C=O) groups excluding carboxylic acids is 2. The Bertz CT molecular complexity index is 768. The molecule has 1 saturated heterocycles. The van der Waals surface area contributed by atoms with Gasteiger partial charge < -0.3 is 15.4 Å². The lowest BCUT2D eigenvalue weighted by Crippen LogP contribution is -2.35. The van der Waals surface area contributed by atoms with Crippen LogP contribution < -0.4 is 10.6 Å². The average molecular weight is 353 g/mol. The number of hydrogen-bond acceptors (Lipinski definition) is 4. The summed E-state index contributed by atoms with van der Waals surface area (Å²) in [6, 6.07) is 14.7. The van der Waals surface area contributed by atoms with Gasteiger partial charge in [0.25, 0.3) is 5.91 Å². The number of nitrogens with zero attached hydrogens (tertiary/aromatic N) is 1. The summed E-state index contributed by atoms with van der Waals surface area (Å²) in [7, 11) is 0. The lowest BCUT2D eigenvalue weighted by molar-refractivity contribution is -0.114. The van der Waals surface area contributed by atoms with E-state index in [1.807, 2.05) is 24.3 Å². The quantitative estimate of drug-likeness (QED) is 0.867. The zero-order valence-electron chi connectivity index (χ0n) is 14.8. The zero-order chi connectivity index (χ0) is 18.4. The standard InChI is InChI=1S/C20H23N3O3/c1-15(24)21-19-4-2-3-17(13-19)20(25)22-18-7-5-16(6-8-18)14-23-9-11-26-12-10-23/h2-8,13H,9-12,14H2,1H3,(H,21,24)(H,22,25). The summed E-state index contributed by atoms with van der Waals surface area (Å²) in [5, 5.41) is 5.56. The highest BCUT2D eigenvalue weighted by molar-refractivity contribution is 6.05. The molecule has 0 bridgehead atoms. The van der Waals surface area contributed by atoms with E-state index in [2.05, 4.69) is 15.5 Å². The summed E-state index contributed by atoms with van der Waals surface area (Å²) in [5.74, 6) is -0.378. The van der Waals surface area contributed by atoms with Gasteiger partial charge in [0, 0.05) is 43.5 Å². The fourth-order valence-corrected chi connectivity index (χ4v) is 2.86.